The number of ether oxygens (including phenoxy) is 3. The van der Waals surface area contributed by atoms with Crippen molar-refractivity contribution < 1.29 is 19.0 Å². The lowest BCUT2D eigenvalue weighted by Crippen LogP contribution is -2.24. The molecule has 0 aliphatic carbocycles. The lowest BCUT2D eigenvalue weighted by Gasteiger charge is -2.08. The second-order valence-electron chi connectivity index (χ2n) is 6.30. The fraction of sp³-hybridized carbons (Fsp3) is 0.526. The maximum Gasteiger partial charge on any atom is 0.222 e. The molecule has 1 amide bonds. The highest BCUT2D eigenvalue weighted by Crippen LogP contribution is 2.13. The molecule has 2 rings (SSSR count). The Bertz CT molecular complexity index is 826. The van der Waals surface area contributed by atoms with Crippen LogP contribution in [-0.2, 0) is 25.5 Å². The Labute approximate surface area is 180 Å². The third-order valence-corrected chi connectivity index (χ3v) is 3.90. The number of hydrogen-bond acceptors (Lipinski definition) is 10. The van der Waals surface area contributed by atoms with Gasteiger partial charge in [0.05, 0.1) is 39.6 Å². The number of nitrogens with zero attached hydrogens (tertiary/aromatic N) is 6. The van der Waals surface area contributed by atoms with Gasteiger partial charge in [-0.05, 0) is 12.5 Å². The minimum atomic E-state index is -0.0847. The molecule has 0 bridgehead atoms. The number of aryl methyl sites for hydroxylation is 1. The van der Waals surface area contributed by atoms with Crippen molar-refractivity contribution in [3.8, 4) is 11.4 Å². The predicted octanol–water partition coefficient (Wildman–Crippen LogP) is 0.848. The van der Waals surface area contributed by atoms with Crippen molar-refractivity contribution in [2.24, 2.45) is 5.11 Å². The molecule has 0 spiro atoms. The highest BCUT2D eigenvalue weighted by Gasteiger charge is 2.05. The molecule has 1 aromatic heterocycles. The zero-order chi connectivity index (χ0) is 22.2. The van der Waals surface area contributed by atoms with E-state index in [0.29, 0.717) is 64.4 Å². The van der Waals surface area contributed by atoms with E-state index in [1.54, 1.807) is 6.92 Å². The number of carbonyl (C=O) groups is 1. The van der Waals surface area contributed by atoms with E-state index in [0.717, 1.165) is 11.1 Å². The Hall–Kier alpha value is -3.18. The van der Waals surface area contributed by atoms with Gasteiger partial charge in [0, 0.05) is 18.5 Å². The molecule has 12 heteroatoms. The van der Waals surface area contributed by atoms with E-state index in [2.05, 4.69) is 35.7 Å². The number of benzene rings is 1. The zero-order valence-corrected chi connectivity index (χ0v) is 17.5. The number of carbonyl (C=O) groups excluding carboxylic acids is 1. The molecule has 12 nitrogen and oxygen atoms in total. The number of amides is 1. The Morgan fingerprint density at radius 3 is 2.23 bits per heavy atom. The van der Waals surface area contributed by atoms with E-state index in [1.807, 2.05) is 24.3 Å². The van der Waals surface area contributed by atoms with Crippen molar-refractivity contribution in [3.63, 3.8) is 0 Å². The molecule has 0 saturated heterocycles. The van der Waals surface area contributed by atoms with Gasteiger partial charge in [-0.1, -0.05) is 24.3 Å². The van der Waals surface area contributed by atoms with Gasteiger partial charge < -0.3 is 19.5 Å². The molecule has 2 aromatic rings. The van der Waals surface area contributed by atoms with Crippen molar-refractivity contribution >= 4 is 5.91 Å². The van der Waals surface area contributed by atoms with Crippen LogP contribution >= 0.6 is 0 Å². The van der Waals surface area contributed by atoms with Crippen LogP contribution in [0.4, 0.5) is 0 Å². The summed E-state index contributed by atoms with van der Waals surface area (Å²) in [6.45, 7) is 5.00. The quantitative estimate of drug-likeness (QED) is 0.238. The van der Waals surface area contributed by atoms with Gasteiger partial charge in [0.1, 0.15) is 17.2 Å². The first-order valence-electron chi connectivity index (χ1n) is 9.85. The van der Waals surface area contributed by atoms with E-state index in [9.17, 15) is 4.79 Å². The number of hydrogen-bond donors (Lipinski definition) is 2. The minimum absolute atomic E-state index is 0.0847. The molecular weight excluding hydrogens is 404 g/mol. The summed E-state index contributed by atoms with van der Waals surface area (Å²) in [5.74, 6) is 0.896. The maximum atomic E-state index is 11.9. The van der Waals surface area contributed by atoms with Gasteiger partial charge in [-0.2, -0.15) is 0 Å². The van der Waals surface area contributed by atoms with Crippen LogP contribution in [0.15, 0.2) is 29.4 Å². The normalized spacial score (nSPS) is 10.5. The van der Waals surface area contributed by atoms with Gasteiger partial charge >= 0.3 is 0 Å². The summed E-state index contributed by atoms with van der Waals surface area (Å²) >= 11 is 0. The summed E-state index contributed by atoms with van der Waals surface area (Å²) in [7, 11) is 0. The Kier molecular flexibility index (Phi) is 11.5. The van der Waals surface area contributed by atoms with Crippen LogP contribution in [0.5, 0.6) is 0 Å². The average molecular weight is 431 g/mol. The van der Waals surface area contributed by atoms with E-state index in [-0.39, 0.29) is 12.3 Å². The van der Waals surface area contributed by atoms with E-state index >= 15 is 0 Å². The first-order chi connectivity index (χ1) is 15.2. The molecule has 0 unspecified atom stereocenters. The van der Waals surface area contributed by atoms with E-state index < -0.39 is 0 Å². The van der Waals surface area contributed by atoms with Crippen molar-refractivity contribution in [2.75, 3.05) is 46.2 Å². The van der Waals surface area contributed by atoms with Crippen LogP contribution in [0.2, 0.25) is 0 Å². The molecule has 2 N–H and O–H groups in total. The molecular formula is C19H27N8O4+. The summed E-state index contributed by atoms with van der Waals surface area (Å²) in [6, 6.07) is 7.53. The standard InChI is InChI=1S/C19H26N8O4/c1-15-23-25-19(26-24-15)17-4-2-16(3-5-17)14-21-18(28)6-8-29-10-12-31-13-11-30-9-7-22-27-20/h2-5,20H,6-14H2,1H3/p+1. The van der Waals surface area contributed by atoms with E-state index in [4.69, 9.17) is 19.7 Å². The Morgan fingerprint density at radius 1 is 0.968 bits per heavy atom. The third-order valence-electron chi connectivity index (χ3n) is 3.90. The molecule has 0 aliphatic heterocycles. The molecule has 0 atom stereocenters. The average Bonchev–Trinajstić information content (AvgIpc) is 2.79. The van der Waals surface area contributed by atoms with Gasteiger partial charge in [-0.3, -0.25) is 4.79 Å². The van der Waals surface area contributed by atoms with Crippen molar-refractivity contribution in [1.29, 1.82) is 5.53 Å². The summed E-state index contributed by atoms with van der Waals surface area (Å²) in [5, 5.41) is 22.1. The van der Waals surface area contributed by atoms with Gasteiger partial charge in [0.15, 0.2) is 5.82 Å². The summed E-state index contributed by atoms with van der Waals surface area (Å²) in [4.78, 5) is 14.8. The first-order valence-corrected chi connectivity index (χ1v) is 9.85. The lowest BCUT2D eigenvalue weighted by molar-refractivity contribution is -0.122. The van der Waals surface area contributed by atoms with Crippen molar-refractivity contribution in [2.45, 2.75) is 19.9 Å². The summed E-state index contributed by atoms with van der Waals surface area (Å²) in [6.07, 6.45) is 0.278. The maximum absolute atomic E-state index is 11.9. The van der Waals surface area contributed by atoms with Gasteiger partial charge in [-0.15, -0.1) is 20.4 Å². The second-order valence-corrected chi connectivity index (χ2v) is 6.30. The van der Waals surface area contributed by atoms with Crippen molar-refractivity contribution in [3.05, 3.63) is 35.7 Å². The first kappa shape index (κ1) is 24.1. The van der Waals surface area contributed by atoms with Crippen LogP contribution < -0.4 is 10.2 Å². The van der Waals surface area contributed by atoms with Crippen LogP contribution in [0.1, 0.15) is 17.8 Å². The summed E-state index contributed by atoms with van der Waals surface area (Å²) < 4.78 is 16.0. The topological polar surface area (TPSA) is 159 Å². The van der Waals surface area contributed by atoms with Gasteiger partial charge in [0.25, 0.3) is 0 Å². The van der Waals surface area contributed by atoms with Crippen LogP contribution in [-0.4, -0.2) is 72.5 Å². The monoisotopic (exact) mass is 431 g/mol. The summed E-state index contributed by atoms with van der Waals surface area (Å²) in [5.41, 5.74) is 8.26. The zero-order valence-electron chi connectivity index (χ0n) is 17.5. The van der Waals surface area contributed by atoms with Gasteiger partial charge in [0.2, 0.25) is 16.6 Å². The lowest BCUT2D eigenvalue weighted by atomic mass is 10.1. The largest absolute Gasteiger partial charge is 0.379 e. The van der Waals surface area contributed by atoms with Crippen LogP contribution in [0.25, 0.3) is 11.4 Å². The fourth-order valence-electron chi connectivity index (χ4n) is 2.32. The molecule has 0 saturated carbocycles. The molecule has 31 heavy (non-hydrogen) atoms. The molecule has 0 fully saturated rings. The van der Waals surface area contributed by atoms with E-state index in [1.165, 1.54) is 0 Å². The smallest absolute Gasteiger partial charge is 0.222 e. The highest BCUT2D eigenvalue weighted by atomic mass is 16.5. The second kappa shape index (κ2) is 14.7. The molecule has 1 aromatic carbocycles. The number of nitrogens with one attached hydrogen (secondary N) is 2. The van der Waals surface area contributed by atoms with Crippen molar-refractivity contribution in [1.82, 2.24) is 30.6 Å². The molecule has 166 valence electrons. The fourth-order valence-corrected chi connectivity index (χ4v) is 2.32. The van der Waals surface area contributed by atoms with Crippen LogP contribution in [0, 0.1) is 12.5 Å². The third kappa shape index (κ3) is 10.4. The Morgan fingerprint density at radius 2 is 1.58 bits per heavy atom. The molecule has 1 heterocycles. The Balaban J connectivity index is 1.49. The van der Waals surface area contributed by atoms with Crippen LogP contribution in [0.3, 0.4) is 0 Å². The molecule has 0 radical (unpaired) electrons. The SMILES string of the molecule is Cc1nnc(-c2ccc(CNC(=O)CCOCCOCCOCCN=[N+]=N)cc2)nn1. The minimum Gasteiger partial charge on any atom is -0.379 e. The number of aromatic nitrogens is 4. The highest BCUT2D eigenvalue weighted by molar-refractivity contribution is 5.75. The molecule has 0 aliphatic rings. The predicted molar refractivity (Wildman–Crippen MR) is 109 cm³/mol. The number of rotatable bonds is 15. The van der Waals surface area contributed by atoms with Gasteiger partial charge in [-0.25, -0.2) is 0 Å².